The molecule has 0 bridgehead atoms. The molecule has 2 aromatic carbocycles. The van der Waals surface area contributed by atoms with E-state index in [-0.39, 0.29) is 35.1 Å². The summed E-state index contributed by atoms with van der Waals surface area (Å²) in [4.78, 5) is 17.7. The number of alkyl halides is 1. The lowest BCUT2D eigenvalue weighted by Gasteiger charge is -2.32. The van der Waals surface area contributed by atoms with Crippen LogP contribution in [0, 0.1) is 11.6 Å². The van der Waals surface area contributed by atoms with Gasteiger partial charge in [0.05, 0.1) is 17.0 Å². The minimum absolute atomic E-state index is 0.0356. The van der Waals surface area contributed by atoms with E-state index in [0.717, 1.165) is 25.8 Å². The van der Waals surface area contributed by atoms with Crippen molar-refractivity contribution in [3.63, 3.8) is 0 Å². The van der Waals surface area contributed by atoms with Crippen LogP contribution in [0.3, 0.4) is 0 Å². The van der Waals surface area contributed by atoms with Crippen LogP contribution in [0.15, 0.2) is 30.5 Å². The van der Waals surface area contributed by atoms with Crippen LogP contribution in [-0.4, -0.2) is 80.7 Å². The van der Waals surface area contributed by atoms with E-state index >= 15 is 4.39 Å². The van der Waals surface area contributed by atoms with E-state index in [4.69, 9.17) is 4.74 Å². The molecular formula is C32H34F3N5O3. The number of ether oxygens (including phenoxy) is 1. The highest BCUT2D eigenvalue weighted by Crippen LogP contribution is 2.42. The molecule has 0 radical (unpaired) electrons. The van der Waals surface area contributed by atoms with Gasteiger partial charge in [-0.05, 0) is 73.2 Å². The van der Waals surface area contributed by atoms with Crippen molar-refractivity contribution in [3.8, 4) is 23.0 Å². The third-order valence-electron chi connectivity index (χ3n) is 9.33. The highest BCUT2D eigenvalue weighted by atomic mass is 19.1. The molecule has 8 nitrogen and oxygen atoms in total. The maximum Gasteiger partial charge on any atom is 0.319 e. The number of halogens is 3. The van der Waals surface area contributed by atoms with Crippen molar-refractivity contribution in [1.29, 1.82) is 0 Å². The van der Waals surface area contributed by atoms with Crippen LogP contribution >= 0.6 is 0 Å². The number of anilines is 1. The molecular weight excluding hydrogens is 559 g/mol. The summed E-state index contributed by atoms with van der Waals surface area (Å²) in [6.45, 7) is 4.09. The number of aryl methyl sites for hydroxylation is 1. The van der Waals surface area contributed by atoms with Crippen molar-refractivity contribution in [3.05, 3.63) is 47.7 Å². The average molecular weight is 594 g/mol. The summed E-state index contributed by atoms with van der Waals surface area (Å²) >= 11 is 0. The summed E-state index contributed by atoms with van der Waals surface area (Å²) in [6.07, 6.45) is 3.86. The van der Waals surface area contributed by atoms with Gasteiger partial charge in [0.15, 0.2) is 5.82 Å². The Morgan fingerprint density at radius 1 is 1.12 bits per heavy atom. The number of rotatable bonds is 6. The Morgan fingerprint density at radius 2 is 1.98 bits per heavy atom. The number of phenolic OH excluding ortho intramolecular Hbond substituents is 1. The van der Waals surface area contributed by atoms with Gasteiger partial charge in [-0.25, -0.2) is 13.2 Å². The van der Waals surface area contributed by atoms with Gasteiger partial charge in [-0.15, -0.1) is 0 Å². The highest BCUT2D eigenvalue weighted by Gasteiger charge is 2.49. The third kappa shape index (κ3) is 4.82. The molecule has 3 aliphatic rings. The molecule has 3 fully saturated rings. The number of pyridine rings is 1. The van der Waals surface area contributed by atoms with Gasteiger partial charge in [0.25, 0.3) is 0 Å². The fourth-order valence-electron chi connectivity index (χ4n) is 7.34. The lowest BCUT2D eigenvalue weighted by atomic mass is 9.94. The second-order valence-corrected chi connectivity index (χ2v) is 12.1. The summed E-state index contributed by atoms with van der Waals surface area (Å²) in [5.74, 6) is -0.884. The number of aromatic hydroxyl groups is 1. The molecule has 0 spiro atoms. The summed E-state index contributed by atoms with van der Waals surface area (Å²) in [7, 11) is 0. The monoisotopic (exact) mass is 593 g/mol. The number of piperidine rings is 1. The van der Waals surface area contributed by atoms with Crippen LogP contribution in [0.5, 0.6) is 11.8 Å². The first-order valence-electron chi connectivity index (χ1n) is 15.0. The summed E-state index contributed by atoms with van der Waals surface area (Å²) in [5, 5.41) is 22.3. The predicted octanol–water partition coefficient (Wildman–Crippen LogP) is 5.31. The largest absolute Gasteiger partial charge is 0.508 e. The van der Waals surface area contributed by atoms with E-state index in [2.05, 4.69) is 19.9 Å². The normalized spacial score (nSPS) is 24.3. The van der Waals surface area contributed by atoms with Crippen molar-refractivity contribution in [2.24, 2.45) is 0 Å². The predicted molar refractivity (Wildman–Crippen MR) is 157 cm³/mol. The fraction of sp³-hybridized carbons (Fsp3) is 0.469. The van der Waals surface area contributed by atoms with Crippen LogP contribution in [0.1, 0.15) is 44.6 Å². The number of aliphatic hydroxyl groups is 1. The van der Waals surface area contributed by atoms with Gasteiger partial charge in [0.1, 0.15) is 41.4 Å². The number of nitrogens with zero attached hydrogens (tertiary/aromatic N) is 5. The minimum Gasteiger partial charge on any atom is -0.508 e. The number of aromatic nitrogens is 3. The summed E-state index contributed by atoms with van der Waals surface area (Å²) in [6, 6.07) is 5.76. The molecule has 2 N–H and O–H groups in total. The third-order valence-corrected chi connectivity index (χ3v) is 9.33. The zero-order valence-corrected chi connectivity index (χ0v) is 24.0. The van der Waals surface area contributed by atoms with Crippen molar-refractivity contribution >= 4 is 27.5 Å². The SMILES string of the molecule is CCc1c(F)ccc2cc(O)cc(-c3ncc4c(N5CCC[C@H](O)C5)nc(OC[C@@]56CCCN5C[C@H](F)C6)nc4c3F)c12. The van der Waals surface area contributed by atoms with Crippen molar-refractivity contribution in [2.45, 2.75) is 63.3 Å². The zero-order chi connectivity index (χ0) is 29.9. The Balaban J connectivity index is 1.37. The van der Waals surface area contributed by atoms with E-state index < -0.39 is 29.4 Å². The number of β-amino-alcohol motifs (C(OH)–C–C–N with tert-alkyl or cyclic N) is 1. The van der Waals surface area contributed by atoms with E-state index in [1.807, 2.05) is 11.8 Å². The Labute approximate surface area is 247 Å². The maximum absolute atomic E-state index is 16.7. The zero-order valence-electron chi connectivity index (χ0n) is 24.0. The topological polar surface area (TPSA) is 94.8 Å². The minimum atomic E-state index is -0.923. The molecule has 3 saturated heterocycles. The number of benzene rings is 2. The molecule has 7 rings (SSSR count). The number of aliphatic hydroxyl groups excluding tert-OH is 1. The molecule has 226 valence electrons. The smallest absolute Gasteiger partial charge is 0.319 e. The molecule has 11 heteroatoms. The second-order valence-electron chi connectivity index (χ2n) is 12.1. The van der Waals surface area contributed by atoms with E-state index in [1.54, 1.807) is 6.07 Å². The van der Waals surface area contributed by atoms with Crippen molar-refractivity contribution in [2.75, 3.05) is 37.7 Å². The summed E-state index contributed by atoms with van der Waals surface area (Å²) in [5.41, 5.74) is 0.0856. The van der Waals surface area contributed by atoms with Crippen molar-refractivity contribution in [1.82, 2.24) is 19.9 Å². The molecule has 0 aliphatic carbocycles. The Hall–Kier alpha value is -3.70. The molecule has 4 aromatic rings. The second kappa shape index (κ2) is 10.8. The fourth-order valence-corrected chi connectivity index (χ4v) is 7.34. The highest BCUT2D eigenvalue weighted by molar-refractivity contribution is 6.01. The Kier molecular flexibility index (Phi) is 7.04. The standard InChI is InChI=1S/C32H34F3N5O3/c1-2-22-25(34)7-6-18-11-21(42)12-23(26(18)22)28-27(35)29-24(14-36-28)30(39-9-3-5-20(41)16-39)38-31(37-29)43-17-32-8-4-10-40(32)15-19(33)13-32/h6-7,11-12,14,19-20,41-42H,2-5,8-10,13,15-17H2,1H3/t19-,20+,32+/m1/s1. The van der Waals surface area contributed by atoms with Gasteiger partial charge in [-0.2, -0.15) is 9.97 Å². The van der Waals surface area contributed by atoms with Gasteiger partial charge in [0, 0.05) is 37.8 Å². The Morgan fingerprint density at radius 3 is 2.79 bits per heavy atom. The molecule has 0 amide bonds. The van der Waals surface area contributed by atoms with Crippen LogP contribution in [-0.2, 0) is 6.42 Å². The van der Waals surface area contributed by atoms with Crippen LogP contribution in [0.25, 0.3) is 32.9 Å². The summed E-state index contributed by atoms with van der Waals surface area (Å²) < 4.78 is 52.1. The molecule has 3 aliphatic heterocycles. The Bertz CT molecular complexity index is 1720. The van der Waals surface area contributed by atoms with E-state index in [1.165, 1.54) is 24.4 Å². The van der Waals surface area contributed by atoms with Gasteiger partial charge < -0.3 is 19.8 Å². The number of phenols is 1. The average Bonchev–Trinajstić information content (AvgIpc) is 3.51. The first-order valence-corrected chi connectivity index (χ1v) is 15.0. The van der Waals surface area contributed by atoms with E-state index in [0.29, 0.717) is 66.4 Å². The van der Waals surface area contributed by atoms with Gasteiger partial charge in [0.2, 0.25) is 0 Å². The molecule has 3 atom stereocenters. The lowest BCUT2D eigenvalue weighted by Crippen LogP contribution is -2.43. The van der Waals surface area contributed by atoms with Crippen LogP contribution in [0.2, 0.25) is 0 Å². The first kappa shape index (κ1) is 28.1. The molecule has 2 aromatic heterocycles. The lowest BCUT2D eigenvalue weighted by molar-refractivity contribution is 0.107. The van der Waals surface area contributed by atoms with Gasteiger partial charge in [-0.3, -0.25) is 9.88 Å². The quantitative estimate of drug-likeness (QED) is 0.311. The van der Waals surface area contributed by atoms with Crippen LogP contribution < -0.4 is 9.64 Å². The number of fused-ring (bicyclic) bond motifs is 3. The molecule has 43 heavy (non-hydrogen) atoms. The number of hydrogen-bond acceptors (Lipinski definition) is 8. The maximum atomic E-state index is 16.7. The molecule has 5 heterocycles. The molecule has 0 saturated carbocycles. The molecule has 0 unspecified atom stereocenters. The van der Waals surface area contributed by atoms with Gasteiger partial charge >= 0.3 is 6.01 Å². The van der Waals surface area contributed by atoms with Crippen LogP contribution in [0.4, 0.5) is 19.0 Å². The van der Waals surface area contributed by atoms with E-state index in [9.17, 15) is 19.0 Å². The number of hydrogen-bond donors (Lipinski definition) is 2. The first-order chi connectivity index (χ1) is 20.8. The van der Waals surface area contributed by atoms with Gasteiger partial charge in [-0.1, -0.05) is 13.0 Å². The van der Waals surface area contributed by atoms with Crippen molar-refractivity contribution < 1.29 is 28.1 Å².